The first kappa shape index (κ1) is 15.8. The fraction of sp³-hybridized carbons (Fsp3) is 0.923. The third kappa shape index (κ3) is 6.61. The molecule has 5 heteroatoms. The molecule has 1 rings (SSSR count). The number of carbonyl (C=O) groups excluding carboxylic acids is 1. The van der Waals surface area contributed by atoms with E-state index in [2.05, 4.69) is 18.7 Å². The molecule has 0 saturated carbocycles. The number of thioether (sulfide) groups is 1. The molecule has 1 aliphatic heterocycles. The summed E-state index contributed by atoms with van der Waals surface area (Å²) in [5.74, 6) is 0.898. The van der Waals surface area contributed by atoms with Gasteiger partial charge in [0.2, 0.25) is 0 Å². The Morgan fingerprint density at radius 3 is 2.89 bits per heavy atom. The Labute approximate surface area is 114 Å². The van der Waals surface area contributed by atoms with Gasteiger partial charge >= 0.3 is 5.97 Å². The molecule has 0 aliphatic carbocycles. The zero-order valence-corrected chi connectivity index (χ0v) is 12.6. The Balaban J connectivity index is 2.10. The summed E-state index contributed by atoms with van der Waals surface area (Å²) in [5.41, 5.74) is 0. The van der Waals surface area contributed by atoms with Gasteiger partial charge in [-0.2, -0.15) is 11.8 Å². The quantitative estimate of drug-likeness (QED) is 0.546. The largest absolute Gasteiger partial charge is 0.464 e. The lowest BCUT2D eigenvalue weighted by molar-refractivity contribution is -0.148. The zero-order chi connectivity index (χ0) is 13.4. The van der Waals surface area contributed by atoms with E-state index < -0.39 is 0 Å². The van der Waals surface area contributed by atoms with E-state index >= 15 is 0 Å². The van der Waals surface area contributed by atoms with Crippen LogP contribution in [-0.2, 0) is 14.3 Å². The summed E-state index contributed by atoms with van der Waals surface area (Å²) < 4.78 is 10.5. The molecule has 0 radical (unpaired) electrons. The summed E-state index contributed by atoms with van der Waals surface area (Å²) in [7, 11) is 0. The van der Waals surface area contributed by atoms with E-state index in [1.165, 1.54) is 12.2 Å². The van der Waals surface area contributed by atoms with E-state index in [1.807, 2.05) is 11.8 Å². The molecule has 0 bridgehead atoms. The van der Waals surface area contributed by atoms with Crippen molar-refractivity contribution in [1.82, 2.24) is 4.90 Å². The lowest BCUT2D eigenvalue weighted by Gasteiger charge is -2.22. The highest BCUT2D eigenvalue weighted by Gasteiger charge is 2.23. The van der Waals surface area contributed by atoms with Crippen LogP contribution in [0.2, 0.25) is 0 Å². The minimum Gasteiger partial charge on any atom is -0.464 e. The molecule has 0 unspecified atom stereocenters. The van der Waals surface area contributed by atoms with Gasteiger partial charge in [-0.3, -0.25) is 0 Å². The smallest absolute Gasteiger partial charge is 0.332 e. The molecule has 18 heavy (non-hydrogen) atoms. The first-order valence-corrected chi connectivity index (χ1v) is 7.62. The fourth-order valence-electron chi connectivity index (χ4n) is 1.84. The van der Waals surface area contributed by atoms with Crippen molar-refractivity contribution in [1.29, 1.82) is 0 Å². The molecule has 1 aliphatic rings. The monoisotopic (exact) mass is 275 g/mol. The maximum Gasteiger partial charge on any atom is 0.332 e. The van der Waals surface area contributed by atoms with Gasteiger partial charge in [-0.25, -0.2) is 4.79 Å². The molecular formula is C13H25NO3S. The standard InChI is InChI=1S/C13H25NO3S/c1-4-17-12(15)11-16-9-7-14-6-5-13(2,3)18-10-8-14/h4-11H2,1-3H3. The highest BCUT2D eigenvalue weighted by Crippen LogP contribution is 2.30. The molecule has 1 fully saturated rings. The van der Waals surface area contributed by atoms with Crippen LogP contribution in [-0.4, -0.2) is 60.8 Å². The number of carbonyl (C=O) groups is 1. The average molecular weight is 275 g/mol. The van der Waals surface area contributed by atoms with Crippen LogP contribution >= 0.6 is 11.8 Å². The normalized spacial score (nSPS) is 20.4. The van der Waals surface area contributed by atoms with E-state index in [0.29, 0.717) is 18.0 Å². The van der Waals surface area contributed by atoms with Crippen LogP contribution < -0.4 is 0 Å². The number of hydrogen-bond acceptors (Lipinski definition) is 5. The van der Waals surface area contributed by atoms with E-state index in [9.17, 15) is 4.79 Å². The zero-order valence-electron chi connectivity index (χ0n) is 11.7. The van der Waals surface area contributed by atoms with E-state index in [-0.39, 0.29) is 12.6 Å². The van der Waals surface area contributed by atoms with Crippen molar-refractivity contribution in [3.63, 3.8) is 0 Å². The van der Waals surface area contributed by atoms with Crippen LogP contribution in [0, 0.1) is 0 Å². The van der Waals surface area contributed by atoms with Gasteiger partial charge in [-0.15, -0.1) is 0 Å². The molecule has 1 saturated heterocycles. The van der Waals surface area contributed by atoms with Gasteiger partial charge in [0.15, 0.2) is 0 Å². The predicted octanol–water partition coefficient (Wildman–Crippen LogP) is 1.78. The van der Waals surface area contributed by atoms with Crippen molar-refractivity contribution in [2.24, 2.45) is 0 Å². The van der Waals surface area contributed by atoms with Gasteiger partial charge in [-0.1, -0.05) is 13.8 Å². The second-order valence-electron chi connectivity index (χ2n) is 5.06. The maximum atomic E-state index is 11.1. The van der Waals surface area contributed by atoms with Crippen LogP contribution in [0.3, 0.4) is 0 Å². The van der Waals surface area contributed by atoms with Crippen LogP contribution in [0.25, 0.3) is 0 Å². The lowest BCUT2D eigenvalue weighted by atomic mass is 10.1. The molecule has 1 heterocycles. The minimum atomic E-state index is -0.273. The average Bonchev–Trinajstić information content (AvgIpc) is 2.47. The topological polar surface area (TPSA) is 38.8 Å². The third-order valence-corrected chi connectivity index (χ3v) is 4.38. The Morgan fingerprint density at radius 2 is 2.17 bits per heavy atom. The minimum absolute atomic E-state index is 0.0714. The number of hydrogen-bond donors (Lipinski definition) is 0. The molecule has 4 nitrogen and oxygen atoms in total. The first-order valence-electron chi connectivity index (χ1n) is 6.63. The predicted molar refractivity (Wildman–Crippen MR) is 75.0 cm³/mol. The molecule has 0 aromatic rings. The summed E-state index contributed by atoms with van der Waals surface area (Å²) in [6.07, 6.45) is 1.20. The molecule has 0 atom stereocenters. The second-order valence-corrected chi connectivity index (χ2v) is 6.86. The van der Waals surface area contributed by atoms with Gasteiger partial charge in [0, 0.05) is 23.6 Å². The molecule has 0 aromatic carbocycles. The van der Waals surface area contributed by atoms with E-state index in [4.69, 9.17) is 9.47 Å². The van der Waals surface area contributed by atoms with Crippen molar-refractivity contribution in [2.75, 3.05) is 45.2 Å². The highest BCUT2D eigenvalue weighted by atomic mass is 32.2. The van der Waals surface area contributed by atoms with Crippen molar-refractivity contribution in [3.8, 4) is 0 Å². The number of esters is 1. The van der Waals surface area contributed by atoms with Crippen molar-refractivity contribution < 1.29 is 14.3 Å². The molecular weight excluding hydrogens is 250 g/mol. The van der Waals surface area contributed by atoms with Crippen LogP contribution in [0.15, 0.2) is 0 Å². The van der Waals surface area contributed by atoms with Crippen LogP contribution in [0.5, 0.6) is 0 Å². The van der Waals surface area contributed by atoms with Crippen molar-refractivity contribution >= 4 is 17.7 Å². The highest BCUT2D eigenvalue weighted by molar-refractivity contribution is 8.00. The molecule has 0 aromatic heterocycles. The van der Waals surface area contributed by atoms with E-state index in [0.717, 1.165) is 19.6 Å². The van der Waals surface area contributed by atoms with Gasteiger partial charge in [0.25, 0.3) is 0 Å². The maximum absolute atomic E-state index is 11.1. The van der Waals surface area contributed by atoms with Gasteiger partial charge < -0.3 is 14.4 Å². The Morgan fingerprint density at radius 1 is 1.39 bits per heavy atom. The van der Waals surface area contributed by atoms with Gasteiger partial charge in [-0.05, 0) is 19.9 Å². The lowest BCUT2D eigenvalue weighted by Crippen LogP contribution is -2.31. The van der Waals surface area contributed by atoms with Crippen molar-refractivity contribution in [2.45, 2.75) is 31.9 Å². The molecule has 0 N–H and O–H groups in total. The summed E-state index contributed by atoms with van der Waals surface area (Å²) in [6.45, 7) is 10.6. The van der Waals surface area contributed by atoms with Crippen LogP contribution in [0.4, 0.5) is 0 Å². The SMILES string of the molecule is CCOC(=O)COCCN1CCSC(C)(C)CC1. The third-order valence-electron chi connectivity index (χ3n) is 3.01. The Kier molecular flexibility index (Phi) is 7.04. The number of ether oxygens (including phenoxy) is 2. The summed E-state index contributed by atoms with van der Waals surface area (Å²) in [4.78, 5) is 13.5. The summed E-state index contributed by atoms with van der Waals surface area (Å²) >= 11 is 2.04. The van der Waals surface area contributed by atoms with E-state index in [1.54, 1.807) is 6.92 Å². The van der Waals surface area contributed by atoms with Crippen molar-refractivity contribution in [3.05, 3.63) is 0 Å². The first-order chi connectivity index (χ1) is 8.53. The molecule has 0 amide bonds. The van der Waals surface area contributed by atoms with Crippen LogP contribution in [0.1, 0.15) is 27.2 Å². The molecule has 0 spiro atoms. The number of nitrogens with zero attached hydrogens (tertiary/aromatic N) is 1. The summed E-state index contributed by atoms with van der Waals surface area (Å²) in [5, 5.41) is 0. The molecule has 106 valence electrons. The van der Waals surface area contributed by atoms with Gasteiger partial charge in [0.1, 0.15) is 6.61 Å². The van der Waals surface area contributed by atoms with Gasteiger partial charge in [0.05, 0.1) is 13.2 Å². The summed E-state index contributed by atoms with van der Waals surface area (Å²) in [6, 6.07) is 0. The second kappa shape index (κ2) is 8.02. The fourth-order valence-corrected chi connectivity index (χ4v) is 2.98. The number of rotatable bonds is 6. The Bertz CT molecular complexity index is 259. The Hall–Kier alpha value is -0.260.